The van der Waals surface area contributed by atoms with Gasteiger partial charge in [0.05, 0.1) is 6.54 Å². The highest BCUT2D eigenvalue weighted by Crippen LogP contribution is 2.14. The van der Waals surface area contributed by atoms with Crippen LogP contribution < -0.4 is 15.5 Å². The SMILES string of the molecule is CN(C)c1nc(N)nc(CN(C)c2ccccc2)n1. The Balaban J connectivity index is 2.19. The number of rotatable bonds is 4. The number of nitrogen functional groups attached to an aromatic ring is 1. The lowest BCUT2D eigenvalue weighted by Gasteiger charge is -2.19. The van der Waals surface area contributed by atoms with Crippen LogP contribution in [0.5, 0.6) is 0 Å². The van der Waals surface area contributed by atoms with Gasteiger partial charge in [0.1, 0.15) is 0 Å². The smallest absolute Gasteiger partial charge is 0.229 e. The molecule has 19 heavy (non-hydrogen) atoms. The summed E-state index contributed by atoms with van der Waals surface area (Å²) in [5.41, 5.74) is 6.81. The molecule has 1 aromatic heterocycles. The van der Waals surface area contributed by atoms with Crippen LogP contribution >= 0.6 is 0 Å². The van der Waals surface area contributed by atoms with Crippen LogP contribution in [-0.2, 0) is 6.54 Å². The van der Waals surface area contributed by atoms with Gasteiger partial charge < -0.3 is 15.5 Å². The van der Waals surface area contributed by atoms with E-state index in [2.05, 4.69) is 19.9 Å². The molecular formula is C13H18N6. The van der Waals surface area contributed by atoms with Crippen LogP contribution in [0.4, 0.5) is 17.6 Å². The van der Waals surface area contributed by atoms with E-state index in [1.54, 1.807) is 0 Å². The summed E-state index contributed by atoms with van der Waals surface area (Å²) in [4.78, 5) is 16.5. The molecule has 0 aliphatic heterocycles. The van der Waals surface area contributed by atoms with Gasteiger partial charge in [-0.25, -0.2) is 0 Å². The third-order valence-corrected chi connectivity index (χ3v) is 2.66. The molecule has 1 aromatic carbocycles. The normalized spacial score (nSPS) is 10.3. The molecule has 0 amide bonds. The first-order chi connectivity index (χ1) is 9.06. The summed E-state index contributed by atoms with van der Waals surface area (Å²) in [6.07, 6.45) is 0. The number of nitrogens with two attached hydrogens (primary N) is 1. The predicted octanol–water partition coefficient (Wildman–Crippen LogP) is 1.16. The standard InChI is InChI=1S/C13H18N6/c1-18(2)13-16-11(15-12(14)17-13)9-19(3)10-7-5-4-6-8-10/h4-8H,9H2,1-3H3,(H2,14,15,16,17). The fraction of sp³-hybridized carbons (Fsp3) is 0.308. The maximum atomic E-state index is 5.70. The molecule has 0 radical (unpaired) electrons. The number of hydrogen-bond donors (Lipinski definition) is 1. The van der Waals surface area contributed by atoms with Crippen LogP contribution in [0, 0.1) is 0 Å². The molecule has 0 fully saturated rings. The molecule has 6 heteroatoms. The second kappa shape index (κ2) is 5.51. The zero-order valence-electron chi connectivity index (χ0n) is 11.4. The number of nitrogens with zero attached hydrogens (tertiary/aromatic N) is 5. The van der Waals surface area contributed by atoms with Crippen LogP contribution in [0.1, 0.15) is 5.82 Å². The van der Waals surface area contributed by atoms with E-state index < -0.39 is 0 Å². The fourth-order valence-electron chi connectivity index (χ4n) is 1.68. The van der Waals surface area contributed by atoms with Crippen molar-refractivity contribution in [3.8, 4) is 0 Å². The molecule has 0 aliphatic carbocycles. The lowest BCUT2D eigenvalue weighted by molar-refractivity contribution is 0.814. The first kappa shape index (κ1) is 13.1. The Bertz CT molecular complexity index is 540. The Morgan fingerprint density at radius 2 is 1.68 bits per heavy atom. The van der Waals surface area contributed by atoms with Crippen molar-refractivity contribution in [3.05, 3.63) is 36.2 Å². The summed E-state index contributed by atoms with van der Waals surface area (Å²) in [7, 11) is 5.74. The highest BCUT2D eigenvalue weighted by Gasteiger charge is 2.09. The lowest BCUT2D eigenvalue weighted by atomic mass is 10.3. The second-order valence-corrected chi connectivity index (χ2v) is 4.50. The van der Waals surface area contributed by atoms with Crippen molar-refractivity contribution in [2.24, 2.45) is 0 Å². The third-order valence-electron chi connectivity index (χ3n) is 2.66. The highest BCUT2D eigenvalue weighted by atomic mass is 15.3. The van der Waals surface area contributed by atoms with Crippen molar-refractivity contribution in [1.29, 1.82) is 0 Å². The van der Waals surface area contributed by atoms with E-state index in [0.29, 0.717) is 18.3 Å². The van der Waals surface area contributed by atoms with E-state index in [4.69, 9.17) is 5.73 Å². The van der Waals surface area contributed by atoms with Gasteiger partial charge in [0.2, 0.25) is 11.9 Å². The average Bonchev–Trinajstić information content (AvgIpc) is 2.39. The Hall–Kier alpha value is -2.37. The first-order valence-electron chi connectivity index (χ1n) is 6.00. The van der Waals surface area contributed by atoms with Crippen LogP contribution in [-0.4, -0.2) is 36.1 Å². The number of para-hydroxylation sites is 1. The number of hydrogen-bond acceptors (Lipinski definition) is 6. The monoisotopic (exact) mass is 258 g/mol. The molecule has 0 saturated carbocycles. The van der Waals surface area contributed by atoms with E-state index in [9.17, 15) is 0 Å². The minimum atomic E-state index is 0.246. The Morgan fingerprint density at radius 3 is 2.32 bits per heavy atom. The Kier molecular flexibility index (Phi) is 3.79. The number of benzene rings is 1. The van der Waals surface area contributed by atoms with Crippen molar-refractivity contribution < 1.29 is 0 Å². The van der Waals surface area contributed by atoms with Crippen molar-refractivity contribution in [1.82, 2.24) is 15.0 Å². The van der Waals surface area contributed by atoms with Crippen molar-refractivity contribution in [2.75, 3.05) is 36.7 Å². The van der Waals surface area contributed by atoms with E-state index in [0.717, 1.165) is 5.69 Å². The highest BCUT2D eigenvalue weighted by molar-refractivity contribution is 5.45. The van der Waals surface area contributed by atoms with Crippen LogP contribution in [0.2, 0.25) is 0 Å². The molecule has 0 unspecified atom stereocenters. The topological polar surface area (TPSA) is 71.2 Å². The number of aromatic nitrogens is 3. The molecule has 100 valence electrons. The van der Waals surface area contributed by atoms with E-state index in [1.165, 1.54) is 0 Å². The molecule has 2 rings (SSSR count). The quantitative estimate of drug-likeness (QED) is 0.887. The van der Waals surface area contributed by atoms with Gasteiger partial charge in [0.15, 0.2) is 5.82 Å². The molecule has 0 aliphatic rings. The summed E-state index contributed by atoms with van der Waals surface area (Å²) in [5.74, 6) is 1.47. The van der Waals surface area contributed by atoms with Gasteiger partial charge in [0.25, 0.3) is 0 Å². The summed E-state index contributed by atoms with van der Waals surface area (Å²) < 4.78 is 0. The van der Waals surface area contributed by atoms with Crippen LogP contribution in [0.15, 0.2) is 30.3 Å². The molecule has 2 aromatic rings. The first-order valence-corrected chi connectivity index (χ1v) is 6.00. The molecule has 0 saturated heterocycles. The Morgan fingerprint density at radius 1 is 1.00 bits per heavy atom. The van der Waals surface area contributed by atoms with Crippen LogP contribution in [0.3, 0.4) is 0 Å². The van der Waals surface area contributed by atoms with Crippen LogP contribution in [0.25, 0.3) is 0 Å². The van der Waals surface area contributed by atoms with E-state index >= 15 is 0 Å². The number of anilines is 3. The van der Waals surface area contributed by atoms with Gasteiger partial charge in [-0.3, -0.25) is 0 Å². The summed E-state index contributed by atoms with van der Waals surface area (Å²) in [6, 6.07) is 10.1. The summed E-state index contributed by atoms with van der Waals surface area (Å²) >= 11 is 0. The molecule has 1 heterocycles. The second-order valence-electron chi connectivity index (χ2n) is 4.50. The predicted molar refractivity (Wildman–Crippen MR) is 77.1 cm³/mol. The van der Waals surface area contributed by atoms with Gasteiger partial charge in [-0.2, -0.15) is 15.0 Å². The zero-order valence-corrected chi connectivity index (χ0v) is 11.4. The zero-order chi connectivity index (χ0) is 13.8. The van der Waals surface area contributed by atoms with E-state index in [-0.39, 0.29) is 5.95 Å². The average molecular weight is 258 g/mol. The van der Waals surface area contributed by atoms with Gasteiger partial charge in [-0.15, -0.1) is 0 Å². The van der Waals surface area contributed by atoms with Crippen molar-refractivity contribution in [3.63, 3.8) is 0 Å². The molecule has 0 bridgehead atoms. The maximum absolute atomic E-state index is 5.70. The minimum absolute atomic E-state index is 0.246. The molecular weight excluding hydrogens is 240 g/mol. The Labute approximate surface area is 112 Å². The summed E-state index contributed by atoms with van der Waals surface area (Å²) in [5, 5.41) is 0. The lowest BCUT2D eigenvalue weighted by Crippen LogP contribution is -2.21. The molecule has 0 spiro atoms. The molecule has 2 N–H and O–H groups in total. The summed E-state index contributed by atoms with van der Waals surface area (Å²) in [6.45, 7) is 0.581. The molecule has 6 nitrogen and oxygen atoms in total. The fourth-order valence-corrected chi connectivity index (χ4v) is 1.68. The van der Waals surface area contributed by atoms with Gasteiger partial charge in [-0.1, -0.05) is 18.2 Å². The van der Waals surface area contributed by atoms with Crippen molar-refractivity contribution >= 4 is 17.6 Å². The van der Waals surface area contributed by atoms with Crippen molar-refractivity contribution in [2.45, 2.75) is 6.54 Å². The minimum Gasteiger partial charge on any atom is -0.368 e. The van der Waals surface area contributed by atoms with E-state index in [1.807, 2.05) is 56.4 Å². The third kappa shape index (κ3) is 3.31. The van der Waals surface area contributed by atoms with Gasteiger partial charge in [0, 0.05) is 26.8 Å². The van der Waals surface area contributed by atoms with Gasteiger partial charge >= 0.3 is 0 Å². The maximum Gasteiger partial charge on any atom is 0.229 e. The molecule has 0 atom stereocenters. The van der Waals surface area contributed by atoms with Gasteiger partial charge in [-0.05, 0) is 12.1 Å². The largest absolute Gasteiger partial charge is 0.368 e.